The molecule has 2 aromatic rings. The molecule has 0 aromatic heterocycles. The van der Waals surface area contributed by atoms with E-state index in [0.29, 0.717) is 12.2 Å². The molecule has 1 saturated heterocycles. The zero-order chi connectivity index (χ0) is 21.8. The van der Waals surface area contributed by atoms with Gasteiger partial charge >= 0.3 is 11.8 Å². The highest BCUT2D eigenvalue weighted by molar-refractivity contribution is 6.39. The van der Waals surface area contributed by atoms with Crippen LogP contribution >= 0.6 is 0 Å². The van der Waals surface area contributed by atoms with Crippen molar-refractivity contribution in [3.05, 3.63) is 59.2 Å². The van der Waals surface area contributed by atoms with Crippen molar-refractivity contribution < 1.29 is 9.59 Å². The van der Waals surface area contributed by atoms with Gasteiger partial charge in [0.05, 0.1) is 6.04 Å². The third-order valence-electron chi connectivity index (χ3n) is 6.39. The largest absolute Gasteiger partial charge is 0.374 e. The first-order valence-electron chi connectivity index (χ1n) is 11.2. The van der Waals surface area contributed by atoms with Crippen molar-refractivity contribution in [2.75, 3.05) is 43.4 Å². The molecule has 2 amide bonds. The monoisotopic (exact) mass is 420 g/mol. The molecule has 2 aliphatic rings. The molecular weight excluding hydrogens is 388 g/mol. The Bertz CT molecular complexity index is 935. The summed E-state index contributed by atoms with van der Waals surface area (Å²) in [6.45, 7) is 5.54. The number of benzene rings is 2. The molecule has 6 heteroatoms. The molecule has 0 spiro atoms. The van der Waals surface area contributed by atoms with E-state index in [1.807, 2.05) is 19.1 Å². The van der Waals surface area contributed by atoms with Crippen LogP contribution in [0.1, 0.15) is 42.0 Å². The summed E-state index contributed by atoms with van der Waals surface area (Å²) in [6.07, 6.45) is 4.60. The lowest BCUT2D eigenvalue weighted by molar-refractivity contribution is -0.136. The van der Waals surface area contributed by atoms with E-state index in [4.69, 9.17) is 0 Å². The standard InChI is InChI=1S/C25H32N4O2/c1-18-7-10-21(11-8-18)27-25(31)24(30)26-17-23(29-14-3-4-15-29)20-9-12-22-19(16-20)6-5-13-28(22)2/h7-12,16,23H,3-6,13-15,17H2,1-2H3,(H,26,30)(H,27,31)/t23-/m0/s1. The quantitative estimate of drug-likeness (QED) is 0.729. The van der Waals surface area contributed by atoms with Gasteiger partial charge < -0.3 is 15.5 Å². The van der Waals surface area contributed by atoms with Crippen LogP contribution in [0.4, 0.5) is 11.4 Å². The Balaban J connectivity index is 1.44. The molecule has 0 aliphatic carbocycles. The molecule has 2 aliphatic heterocycles. The number of carbonyl (C=O) groups is 2. The maximum absolute atomic E-state index is 12.5. The maximum atomic E-state index is 12.5. The van der Waals surface area contributed by atoms with E-state index in [1.165, 1.54) is 29.7 Å². The molecule has 0 saturated carbocycles. The minimum Gasteiger partial charge on any atom is -0.374 e. The van der Waals surface area contributed by atoms with Crippen LogP contribution in [0, 0.1) is 6.92 Å². The van der Waals surface area contributed by atoms with Crippen molar-refractivity contribution >= 4 is 23.2 Å². The van der Waals surface area contributed by atoms with Crippen LogP contribution < -0.4 is 15.5 Å². The van der Waals surface area contributed by atoms with Crippen LogP contribution in [0.15, 0.2) is 42.5 Å². The predicted octanol–water partition coefficient (Wildman–Crippen LogP) is 3.27. The Morgan fingerprint density at radius 3 is 2.45 bits per heavy atom. The summed E-state index contributed by atoms with van der Waals surface area (Å²) >= 11 is 0. The zero-order valence-electron chi connectivity index (χ0n) is 18.5. The summed E-state index contributed by atoms with van der Waals surface area (Å²) < 4.78 is 0. The highest BCUT2D eigenvalue weighted by Gasteiger charge is 2.26. The molecule has 2 aromatic carbocycles. The second-order valence-corrected chi connectivity index (χ2v) is 8.70. The summed E-state index contributed by atoms with van der Waals surface area (Å²) in [4.78, 5) is 29.6. The van der Waals surface area contributed by atoms with Gasteiger partial charge in [0.25, 0.3) is 0 Å². The smallest absolute Gasteiger partial charge is 0.313 e. The van der Waals surface area contributed by atoms with Gasteiger partial charge in [-0.1, -0.05) is 29.8 Å². The fourth-order valence-electron chi connectivity index (χ4n) is 4.62. The van der Waals surface area contributed by atoms with E-state index in [2.05, 4.69) is 45.7 Å². The van der Waals surface area contributed by atoms with Gasteiger partial charge in [0.1, 0.15) is 0 Å². The lowest BCUT2D eigenvalue weighted by Crippen LogP contribution is -2.41. The number of hydrogen-bond acceptors (Lipinski definition) is 4. The second-order valence-electron chi connectivity index (χ2n) is 8.70. The minimum atomic E-state index is -0.629. The van der Waals surface area contributed by atoms with Gasteiger partial charge in [-0.2, -0.15) is 0 Å². The first-order valence-corrected chi connectivity index (χ1v) is 11.2. The van der Waals surface area contributed by atoms with Crippen molar-refractivity contribution in [3.63, 3.8) is 0 Å². The summed E-state index contributed by atoms with van der Waals surface area (Å²) in [5.41, 5.74) is 5.62. The van der Waals surface area contributed by atoms with Gasteiger partial charge in [-0.15, -0.1) is 0 Å². The molecule has 1 fully saturated rings. The number of fused-ring (bicyclic) bond motifs is 1. The number of nitrogens with one attached hydrogen (secondary N) is 2. The van der Waals surface area contributed by atoms with Gasteiger partial charge in [-0.3, -0.25) is 14.5 Å². The third kappa shape index (κ3) is 5.07. The van der Waals surface area contributed by atoms with Gasteiger partial charge in [-0.25, -0.2) is 0 Å². The minimum absolute atomic E-state index is 0.0798. The molecule has 1 atom stereocenters. The fraction of sp³-hybridized carbons (Fsp3) is 0.440. The number of likely N-dealkylation sites (tertiary alicyclic amines) is 1. The lowest BCUT2D eigenvalue weighted by Gasteiger charge is -2.31. The van der Waals surface area contributed by atoms with E-state index in [1.54, 1.807) is 12.1 Å². The van der Waals surface area contributed by atoms with Crippen molar-refractivity contribution in [2.45, 2.75) is 38.6 Å². The summed E-state index contributed by atoms with van der Waals surface area (Å²) in [5, 5.41) is 5.55. The third-order valence-corrected chi connectivity index (χ3v) is 6.39. The number of rotatable bonds is 5. The Morgan fingerprint density at radius 1 is 0.968 bits per heavy atom. The number of hydrogen-bond donors (Lipinski definition) is 2. The van der Waals surface area contributed by atoms with Crippen molar-refractivity contribution in [1.29, 1.82) is 0 Å². The van der Waals surface area contributed by atoms with Crippen LogP contribution in [0.5, 0.6) is 0 Å². The molecule has 0 radical (unpaired) electrons. The lowest BCUT2D eigenvalue weighted by atomic mass is 9.96. The zero-order valence-corrected chi connectivity index (χ0v) is 18.5. The number of aryl methyl sites for hydroxylation is 2. The number of amides is 2. The van der Waals surface area contributed by atoms with Gasteiger partial charge in [0, 0.05) is 31.5 Å². The molecule has 31 heavy (non-hydrogen) atoms. The average molecular weight is 421 g/mol. The van der Waals surface area contributed by atoms with E-state index < -0.39 is 11.8 Å². The fourth-order valence-corrected chi connectivity index (χ4v) is 4.62. The number of anilines is 2. The Morgan fingerprint density at radius 2 is 1.71 bits per heavy atom. The van der Waals surface area contributed by atoms with Crippen LogP contribution in [-0.4, -0.2) is 49.9 Å². The Hall–Kier alpha value is -2.86. The topological polar surface area (TPSA) is 64.7 Å². The molecule has 164 valence electrons. The highest BCUT2D eigenvalue weighted by atomic mass is 16.2. The SMILES string of the molecule is Cc1ccc(NC(=O)C(=O)NC[C@@H](c2ccc3c(c2)CCCN3C)N2CCCC2)cc1. The number of carbonyl (C=O) groups excluding carboxylic acids is 2. The average Bonchev–Trinajstić information content (AvgIpc) is 3.30. The summed E-state index contributed by atoms with van der Waals surface area (Å²) in [5.74, 6) is -1.22. The molecule has 6 nitrogen and oxygen atoms in total. The molecular formula is C25H32N4O2. The van der Waals surface area contributed by atoms with Gasteiger partial charge in [-0.05, 0) is 75.0 Å². The molecule has 0 bridgehead atoms. The van der Waals surface area contributed by atoms with Crippen LogP contribution in [0.25, 0.3) is 0 Å². The normalized spacial score (nSPS) is 17.2. The van der Waals surface area contributed by atoms with Crippen LogP contribution in [-0.2, 0) is 16.0 Å². The molecule has 2 heterocycles. The highest BCUT2D eigenvalue weighted by Crippen LogP contribution is 2.31. The first-order chi connectivity index (χ1) is 15.0. The maximum Gasteiger partial charge on any atom is 0.313 e. The Labute approximate surface area is 184 Å². The second kappa shape index (κ2) is 9.52. The van der Waals surface area contributed by atoms with E-state index in [9.17, 15) is 9.59 Å². The van der Waals surface area contributed by atoms with Crippen molar-refractivity contribution in [2.24, 2.45) is 0 Å². The first kappa shape index (κ1) is 21.4. The predicted molar refractivity (Wildman–Crippen MR) is 124 cm³/mol. The van der Waals surface area contributed by atoms with E-state index >= 15 is 0 Å². The molecule has 0 unspecified atom stereocenters. The Kier molecular flexibility index (Phi) is 6.56. The van der Waals surface area contributed by atoms with Gasteiger partial charge in [0.15, 0.2) is 0 Å². The van der Waals surface area contributed by atoms with Crippen molar-refractivity contribution in [1.82, 2.24) is 10.2 Å². The van der Waals surface area contributed by atoms with E-state index in [-0.39, 0.29) is 6.04 Å². The summed E-state index contributed by atoms with van der Waals surface area (Å²) in [6, 6.07) is 14.2. The van der Waals surface area contributed by atoms with E-state index in [0.717, 1.165) is 38.0 Å². The molecule has 2 N–H and O–H groups in total. The van der Waals surface area contributed by atoms with Gasteiger partial charge in [0.2, 0.25) is 0 Å². The van der Waals surface area contributed by atoms with Crippen LogP contribution in [0.2, 0.25) is 0 Å². The number of nitrogens with zero attached hydrogens (tertiary/aromatic N) is 2. The van der Waals surface area contributed by atoms with Crippen molar-refractivity contribution in [3.8, 4) is 0 Å². The van der Waals surface area contributed by atoms with Crippen LogP contribution in [0.3, 0.4) is 0 Å². The summed E-state index contributed by atoms with van der Waals surface area (Å²) in [7, 11) is 2.14. The molecule has 4 rings (SSSR count).